The van der Waals surface area contributed by atoms with Gasteiger partial charge in [-0.2, -0.15) is 4.72 Å². The van der Waals surface area contributed by atoms with Gasteiger partial charge in [-0.3, -0.25) is 4.79 Å². The van der Waals surface area contributed by atoms with Crippen LogP contribution in [0.25, 0.3) is 0 Å². The second-order valence-corrected chi connectivity index (χ2v) is 6.69. The average Bonchev–Trinajstić information content (AvgIpc) is 2.50. The van der Waals surface area contributed by atoms with Crippen molar-refractivity contribution < 1.29 is 32.5 Å². The van der Waals surface area contributed by atoms with Crippen molar-refractivity contribution >= 4 is 16.0 Å². The Labute approximate surface area is 135 Å². The fourth-order valence-corrected chi connectivity index (χ4v) is 3.58. The summed E-state index contributed by atoms with van der Waals surface area (Å²) in [6.45, 7) is 3.20. The maximum Gasteiger partial charge on any atom is 0.322 e. The lowest BCUT2D eigenvalue weighted by Gasteiger charge is -2.20. The number of carbonyl (C=O) groups is 1. The third-order valence-electron chi connectivity index (χ3n) is 3.15. The SMILES string of the molecule is COc1cc(OC)c(S(=O)(=O)N[C@H](C(=O)O)C(C)C)c(OC)c1. The number of ether oxygens (including phenoxy) is 3. The molecule has 0 fully saturated rings. The molecular formula is C14H21NO7S. The van der Waals surface area contributed by atoms with Gasteiger partial charge in [-0.05, 0) is 5.92 Å². The van der Waals surface area contributed by atoms with Gasteiger partial charge in [0, 0.05) is 12.1 Å². The van der Waals surface area contributed by atoms with Crippen LogP contribution in [-0.4, -0.2) is 46.9 Å². The maximum atomic E-state index is 12.6. The van der Waals surface area contributed by atoms with Gasteiger partial charge in [-0.25, -0.2) is 8.42 Å². The lowest BCUT2D eigenvalue weighted by molar-refractivity contribution is -0.140. The van der Waals surface area contributed by atoms with Gasteiger partial charge in [-0.1, -0.05) is 13.8 Å². The fraction of sp³-hybridized carbons (Fsp3) is 0.500. The molecule has 0 spiro atoms. The molecule has 130 valence electrons. The molecule has 0 amide bonds. The number of carboxylic acid groups (broad SMARTS) is 1. The first kappa shape index (κ1) is 19.0. The van der Waals surface area contributed by atoms with Crippen LogP contribution in [0.3, 0.4) is 0 Å². The average molecular weight is 347 g/mol. The Morgan fingerprint density at radius 2 is 1.57 bits per heavy atom. The summed E-state index contributed by atoms with van der Waals surface area (Å²) in [7, 11) is -0.188. The van der Waals surface area contributed by atoms with Crippen molar-refractivity contribution in [2.45, 2.75) is 24.8 Å². The molecule has 0 radical (unpaired) electrons. The van der Waals surface area contributed by atoms with Crippen molar-refractivity contribution in [1.29, 1.82) is 0 Å². The molecule has 0 aliphatic rings. The van der Waals surface area contributed by atoms with E-state index in [-0.39, 0.29) is 16.4 Å². The van der Waals surface area contributed by atoms with Crippen LogP contribution in [0.4, 0.5) is 0 Å². The van der Waals surface area contributed by atoms with Gasteiger partial charge in [-0.15, -0.1) is 0 Å². The Morgan fingerprint density at radius 3 is 1.87 bits per heavy atom. The summed E-state index contributed by atoms with van der Waals surface area (Å²) < 4.78 is 42.7. The molecule has 0 saturated carbocycles. The Balaban J connectivity index is 3.45. The summed E-state index contributed by atoms with van der Waals surface area (Å²) in [4.78, 5) is 11.0. The fourth-order valence-electron chi connectivity index (χ4n) is 1.94. The zero-order chi connectivity index (χ0) is 17.8. The molecule has 9 heteroatoms. The van der Waals surface area contributed by atoms with Crippen molar-refractivity contribution in [2.24, 2.45) is 5.92 Å². The van der Waals surface area contributed by atoms with Crippen LogP contribution in [0.1, 0.15) is 13.8 Å². The normalized spacial score (nSPS) is 12.8. The Bertz CT molecular complexity index is 645. The minimum Gasteiger partial charge on any atom is -0.496 e. The highest BCUT2D eigenvalue weighted by atomic mass is 32.2. The van der Waals surface area contributed by atoms with Crippen molar-refractivity contribution in [3.8, 4) is 17.2 Å². The number of benzene rings is 1. The standard InChI is InChI=1S/C14H21NO7S/c1-8(2)12(14(16)17)15-23(18,19)13-10(21-4)6-9(20-3)7-11(13)22-5/h6-8,12,15H,1-5H3,(H,16,17)/t12-/m0/s1. The number of carboxylic acids is 1. The van der Waals surface area contributed by atoms with E-state index in [1.165, 1.54) is 33.5 Å². The molecule has 1 aromatic carbocycles. The topological polar surface area (TPSA) is 111 Å². The van der Waals surface area contributed by atoms with E-state index in [0.29, 0.717) is 5.75 Å². The molecule has 2 N–H and O–H groups in total. The van der Waals surface area contributed by atoms with E-state index >= 15 is 0 Å². The van der Waals surface area contributed by atoms with Gasteiger partial charge < -0.3 is 19.3 Å². The van der Waals surface area contributed by atoms with Crippen LogP contribution in [-0.2, 0) is 14.8 Å². The largest absolute Gasteiger partial charge is 0.496 e. The van der Waals surface area contributed by atoms with E-state index in [1.54, 1.807) is 13.8 Å². The van der Waals surface area contributed by atoms with Gasteiger partial charge in [0.15, 0.2) is 4.90 Å². The molecule has 0 heterocycles. The molecule has 1 rings (SSSR count). The Hall–Kier alpha value is -2.00. The number of nitrogens with one attached hydrogen (secondary N) is 1. The summed E-state index contributed by atoms with van der Waals surface area (Å²) >= 11 is 0. The van der Waals surface area contributed by atoms with Crippen LogP contribution in [0.5, 0.6) is 17.2 Å². The van der Waals surface area contributed by atoms with E-state index in [2.05, 4.69) is 4.72 Å². The highest BCUT2D eigenvalue weighted by Gasteiger charge is 2.32. The summed E-state index contributed by atoms with van der Waals surface area (Å²) in [6, 6.07) is 1.47. The zero-order valence-corrected chi connectivity index (χ0v) is 14.4. The molecule has 0 aliphatic heterocycles. The minimum atomic E-state index is -4.20. The van der Waals surface area contributed by atoms with Gasteiger partial charge in [0.2, 0.25) is 10.0 Å². The van der Waals surface area contributed by atoms with E-state index in [9.17, 15) is 18.3 Å². The van der Waals surface area contributed by atoms with Crippen molar-refractivity contribution in [2.75, 3.05) is 21.3 Å². The molecule has 0 aromatic heterocycles. The van der Waals surface area contributed by atoms with E-state index < -0.39 is 28.0 Å². The first-order chi connectivity index (χ1) is 10.7. The molecule has 0 aliphatic carbocycles. The third-order valence-corrected chi connectivity index (χ3v) is 4.66. The maximum absolute atomic E-state index is 12.6. The molecular weight excluding hydrogens is 326 g/mol. The molecule has 0 unspecified atom stereocenters. The van der Waals surface area contributed by atoms with Crippen LogP contribution >= 0.6 is 0 Å². The van der Waals surface area contributed by atoms with Gasteiger partial charge in [0.05, 0.1) is 21.3 Å². The van der Waals surface area contributed by atoms with Crippen molar-refractivity contribution in [1.82, 2.24) is 4.72 Å². The lowest BCUT2D eigenvalue weighted by atomic mass is 10.1. The van der Waals surface area contributed by atoms with E-state index in [0.717, 1.165) is 0 Å². The Kier molecular flexibility index (Phi) is 6.22. The van der Waals surface area contributed by atoms with Crippen molar-refractivity contribution in [3.05, 3.63) is 12.1 Å². The summed E-state index contributed by atoms with van der Waals surface area (Å²) in [5.41, 5.74) is 0. The molecule has 1 atom stereocenters. The number of sulfonamides is 1. The highest BCUT2D eigenvalue weighted by Crippen LogP contribution is 2.37. The molecule has 0 saturated heterocycles. The first-order valence-electron chi connectivity index (χ1n) is 6.73. The second kappa shape index (κ2) is 7.51. The lowest BCUT2D eigenvalue weighted by Crippen LogP contribution is -2.44. The number of methoxy groups -OCH3 is 3. The number of aliphatic carboxylic acids is 1. The van der Waals surface area contributed by atoms with Crippen LogP contribution in [0.2, 0.25) is 0 Å². The van der Waals surface area contributed by atoms with Crippen molar-refractivity contribution in [3.63, 3.8) is 0 Å². The number of hydrogen-bond acceptors (Lipinski definition) is 6. The number of rotatable bonds is 8. The minimum absolute atomic E-state index is 0.0124. The predicted molar refractivity (Wildman–Crippen MR) is 82.7 cm³/mol. The van der Waals surface area contributed by atoms with Crippen LogP contribution in [0.15, 0.2) is 17.0 Å². The summed E-state index contributed by atoms with van der Waals surface area (Å²) in [6.07, 6.45) is 0. The van der Waals surface area contributed by atoms with Crippen LogP contribution < -0.4 is 18.9 Å². The molecule has 23 heavy (non-hydrogen) atoms. The third kappa shape index (κ3) is 4.26. The van der Waals surface area contributed by atoms with Crippen LogP contribution in [0, 0.1) is 5.92 Å². The summed E-state index contributed by atoms with van der Waals surface area (Å²) in [5.74, 6) is -1.40. The van der Waals surface area contributed by atoms with E-state index in [1.807, 2.05) is 0 Å². The second-order valence-electron chi connectivity index (χ2n) is 5.04. The predicted octanol–water partition coefficient (Wildman–Crippen LogP) is 1.10. The molecule has 1 aromatic rings. The van der Waals surface area contributed by atoms with Gasteiger partial charge >= 0.3 is 5.97 Å². The highest BCUT2D eigenvalue weighted by molar-refractivity contribution is 7.89. The van der Waals surface area contributed by atoms with E-state index in [4.69, 9.17) is 14.2 Å². The van der Waals surface area contributed by atoms with Gasteiger partial charge in [0.25, 0.3) is 0 Å². The van der Waals surface area contributed by atoms with Gasteiger partial charge in [0.1, 0.15) is 23.3 Å². The monoisotopic (exact) mass is 347 g/mol. The smallest absolute Gasteiger partial charge is 0.322 e. The number of hydrogen-bond donors (Lipinski definition) is 2. The molecule has 0 bridgehead atoms. The zero-order valence-electron chi connectivity index (χ0n) is 13.6. The molecule has 8 nitrogen and oxygen atoms in total. The first-order valence-corrected chi connectivity index (χ1v) is 8.21. The summed E-state index contributed by atoms with van der Waals surface area (Å²) in [5, 5.41) is 9.18. The quantitative estimate of drug-likeness (QED) is 0.724. The Morgan fingerprint density at radius 1 is 1.09 bits per heavy atom.